The Balaban J connectivity index is 2.11. The van der Waals surface area contributed by atoms with Crippen molar-refractivity contribution in [2.24, 2.45) is 11.5 Å². The first-order chi connectivity index (χ1) is 11.2. The number of benzene rings is 2. The van der Waals surface area contributed by atoms with Crippen molar-refractivity contribution < 1.29 is 4.79 Å². The minimum atomic E-state index is -0.503. The van der Waals surface area contributed by atoms with Gasteiger partial charge in [0, 0.05) is 0 Å². The lowest BCUT2D eigenvalue weighted by atomic mass is 9.98. The van der Waals surface area contributed by atoms with E-state index in [9.17, 15) is 4.79 Å². The zero-order valence-electron chi connectivity index (χ0n) is 13.3. The van der Waals surface area contributed by atoms with E-state index in [1.165, 1.54) is 0 Å². The number of unbranched alkanes of at least 4 members (excludes halogenated alkanes) is 1. The van der Waals surface area contributed by atoms with E-state index >= 15 is 0 Å². The van der Waals surface area contributed by atoms with E-state index in [2.05, 4.69) is 5.32 Å². The van der Waals surface area contributed by atoms with Crippen molar-refractivity contribution in [2.45, 2.75) is 31.3 Å². The van der Waals surface area contributed by atoms with E-state index in [0.29, 0.717) is 13.0 Å². The summed E-state index contributed by atoms with van der Waals surface area (Å²) in [6.07, 6.45) is 2.41. The molecule has 0 bridgehead atoms. The van der Waals surface area contributed by atoms with Crippen molar-refractivity contribution >= 4 is 5.91 Å². The third kappa shape index (κ3) is 5.20. The van der Waals surface area contributed by atoms with Crippen molar-refractivity contribution in [3.8, 4) is 0 Å². The maximum atomic E-state index is 12.4. The van der Waals surface area contributed by atoms with Gasteiger partial charge in [0.15, 0.2) is 0 Å². The Morgan fingerprint density at radius 2 is 1.43 bits per heavy atom. The molecule has 0 aliphatic heterocycles. The summed E-state index contributed by atoms with van der Waals surface area (Å²) in [5, 5.41) is 3.08. The van der Waals surface area contributed by atoms with Crippen molar-refractivity contribution in [2.75, 3.05) is 6.54 Å². The van der Waals surface area contributed by atoms with Crippen LogP contribution in [0.4, 0.5) is 0 Å². The summed E-state index contributed by atoms with van der Waals surface area (Å²) in [5.41, 5.74) is 13.6. The molecule has 122 valence electrons. The molecule has 0 fully saturated rings. The van der Waals surface area contributed by atoms with E-state index in [-0.39, 0.29) is 11.9 Å². The van der Waals surface area contributed by atoms with Gasteiger partial charge in [-0.05, 0) is 30.5 Å². The molecule has 0 spiro atoms. The highest BCUT2D eigenvalue weighted by Crippen LogP contribution is 2.21. The number of hydrogen-bond donors (Lipinski definition) is 3. The Labute approximate surface area is 137 Å². The summed E-state index contributed by atoms with van der Waals surface area (Å²) < 4.78 is 0. The SMILES string of the molecule is NCCCCC(N)C(=O)NC(c1ccccc1)c1ccccc1. The average molecular weight is 311 g/mol. The molecule has 0 saturated heterocycles. The smallest absolute Gasteiger partial charge is 0.237 e. The molecule has 0 aliphatic rings. The number of amides is 1. The fraction of sp³-hybridized carbons (Fsp3) is 0.316. The molecular weight excluding hydrogens is 286 g/mol. The van der Waals surface area contributed by atoms with Crippen LogP contribution in [0.5, 0.6) is 0 Å². The van der Waals surface area contributed by atoms with Gasteiger partial charge >= 0.3 is 0 Å². The summed E-state index contributed by atoms with van der Waals surface area (Å²) in [4.78, 5) is 12.4. The van der Waals surface area contributed by atoms with Gasteiger partial charge in [-0.1, -0.05) is 67.1 Å². The average Bonchev–Trinajstić information content (AvgIpc) is 2.61. The Morgan fingerprint density at radius 3 is 1.91 bits per heavy atom. The third-order valence-corrected chi connectivity index (χ3v) is 3.86. The van der Waals surface area contributed by atoms with Crippen LogP contribution in [-0.4, -0.2) is 18.5 Å². The van der Waals surface area contributed by atoms with Crippen LogP contribution >= 0.6 is 0 Å². The van der Waals surface area contributed by atoms with E-state index < -0.39 is 6.04 Å². The summed E-state index contributed by atoms with van der Waals surface area (Å²) in [6.45, 7) is 0.630. The fourth-order valence-electron chi connectivity index (χ4n) is 2.54. The topological polar surface area (TPSA) is 81.1 Å². The van der Waals surface area contributed by atoms with Gasteiger partial charge in [-0.15, -0.1) is 0 Å². The molecule has 2 rings (SSSR count). The van der Waals surface area contributed by atoms with Gasteiger partial charge in [-0.25, -0.2) is 0 Å². The monoisotopic (exact) mass is 311 g/mol. The van der Waals surface area contributed by atoms with Crippen LogP contribution in [0.2, 0.25) is 0 Å². The van der Waals surface area contributed by atoms with Gasteiger partial charge in [0.25, 0.3) is 0 Å². The van der Waals surface area contributed by atoms with E-state index in [1.807, 2.05) is 60.7 Å². The fourth-order valence-corrected chi connectivity index (χ4v) is 2.54. The number of nitrogens with two attached hydrogens (primary N) is 2. The third-order valence-electron chi connectivity index (χ3n) is 3.86. The number of carbonyl (C=O) groups excluding carboxylic acids is 1. The summed E-state index contributed by atoms with van der Waals surface area (Å²) >= 11 is 0. The van der Waals surface area contributed by atoms with Crippen LogP contribution in [0.25, 0.3) is 0 Å². The molecule has 0 heterocycles. The van der Waals surface area contributed by atoms with Crippen molar-refractivity contribution in [1.82, 2.24) is 5.32 Å². The Morgan fingerprint density at radius 1 is 0.913 bits per heavy atom. The highest BCUT2D eigenvalue weighted by molar-refractivity contribution is 5.82. The Bertz CT molecular complexity index is 547. The highest BCUT2D eigenvalue weighted by Gasteiger charge is 2.20. The second-order valence-electron chi connectivity index (χ2n) is 5.65. The van der Waals surface area contributed by atoms with E-state index in [0.717, 1.165) is 24.0 Å². The molecule has 4 nitrogen and oxygen atoms in total. The summed E-state index contributed by atoms with van der Waals surface area (Å²) in [7, 11) is 0. The van der Waals surface area contributed by atoms with Crippen LogP contribution in [0.15, 0.2) is 60.7 Å². The second kappa shape index (κ2) is 9.08. The summed E-state index contributed by atoms with van der Waals surface area (Å²) in [6, 6.07) is 19.2. The van der Waals surface area contributed by atoms with Crippen molar-refractivity contribution in [3.05, 3.63) is 71.8 Å². The Hall–Kier alpha value is -2.17. The summed E-state index contributed by atoms with van der Waals surface area (Å²) in [5.74, 6) is -0.125. The van der Waals surface area contributed by atoms with Gasteiger partial charge in [-0.2, -0.15) is 0 Å². The van der Waals surface area contributed by atoms with Gasteiger partial charge in [-0.3, -0.25) is 4.79 Å². The van der Waals surface area contributed by atoms with Crippen molar-refractivity contribution in [3.63, 3.8) is 0 Å². The number of nitrogens with one attached hydrogen (secondary N) is 1. The molecule has 23 heavy (non-hydrogen) atoms. The van der Waals surface area contributed by atoms with Gasteiger partial charge < -0.3 is 16.8 Å². The largest absolute Gasteiger partial charge is 0.344 e. The zero-order valence-corrected chi connectivity index (χ0v) is 13.3. The molecule has 1 unspecified atom stereocenters. The lowest BCUT2D eigenvalue weighted by Crippen LogP contribution is -2.42. The minimum Gasteiger partial charge on any atom is -0.344 e. The van der Waals surface area contributed by atoms with Crippen LogP contribution in [0.3, 0.4) is 0 Å². The minimum absolute atomic E-state index is 0.125. The predicted molar refractivity (Wildman–Crippen MR) is 93.8 cm³/mol. The number of carbonyl (C=O) groups is 1. The van der Waals surface area contributed by atoms with Crippen LogP contribution in [0.1, 0.15) is 36.4 Å². The van der Waals surface area contributed by atoms with E-state index in [1.54, 1.807) is 0 Å². The van der Waals surface area contributed by atoms with Crippen LogP contribution in [0, 0.1) is 0 Å². The molecule has 1 amide bonds. The second-order valence-corrected chi connectivity index (χ2v) is 5.65. The first kappa shape index (κ1) is 17.2. The Kier molecular flexibility index (Phi) is 6.78. The molecule has 2 aromatic rings. The molecule has 0 radical (unpaired) electrons. The van der Waals surface area contributed by atoms with E-state index in [4.69, 9.17) is 11.5 Å². The highest BCUT2D eigenvalue weighted by atomic mass is 16.2. The normalized spacial score (nSPS) is 12.1. The first-order valence-corrected chi connectivity index (χ1v) is 8.08. The van der Waals surface area contributed by atoms with Gasteiger partial charge in [0.1, 0.15) is 0 Å². The lowest BCUT2D eigenvalue weighted by Gasteiger charge is -2.22. The molecule has 5 N–H and O–H groups in total. The number of rotatable bonds is 8. The maximum absolute atomic E-state index is 12.4. The molecule has 0 aromatic heterocycles. The van der Waals surface area contributed by atoms with Crippen molar-refractivity contribution in [1.29, 1.82) is 0 Å². The molecule has 2 aromatic carbocycles. The molecule has 0 aliphatic carbocycles. The standard InChI is InChI=1S/C19H25N3O/c20-14-8-7-13-17(21)19(23)22-18(15-9-3-1-4-10-15)16-11-5-2-6-12-16/h1-6,9-12,17-18H,7-8,13-14,20-21H2,(H,22,23). The number of hydrogen-bond acceptors (Lipinski definition) is 3. The lowest BCUT2D eigenvalue weighted by molar-refractivity contribution is -0.123. The zero-order chi connectivity index (χ0) is 16.5. The maximum Gasteiger partial charge on any atom is 0.237 e. The van der Waals surface area contributed by atoms with Gasteiger partial charge in [0.2, 0.25) is 5.91 Å². The van der Waals surface area contributed by atoms with Crippen LogP contribution < -0.4 is 16.8 Å². The quantitative estimate of drug-likeness (QED) is 0.655. The molecule has 4 heteroatoms. The molecular formula is C19H25N3O. The molecule has 1 atom stereocenters. The molecule has 0 saturated carbocycles. The first-order valence-electron chi connectivity index (χ1n) is 8.08. The van der Waals surface area contributed by atoms with Crippen LogP contribution in [-0.2, 0) is 4.79 Å². The predicted octanol–water partition coefficient (Wildman–Crippen LogP) is 2.35. The van der Waals surface area contributed by atoms with Gasteiger partial charge in [0.05, 0.1) is 12.1 Å².